The van der Waals surface area contributed by atoms with Crippen LogP contribution in [0.4, 0.5) is 0 Å². The van der Waals surface area contributed by atoms with Gasteiger partial charge in [0.2, 0.25) is 0 Å². The SMILES string of the molecule is c1cc(-n2c3ccccc3c3ccccc32)cc(-n2c3ccccc3c3ccccc32)c1. The molecule has 5 aromatic carbocycles. The van der Waals surface area contributed by atoms with Crippen LogP contribution in [0.1, 0.15) is 0 Å². The molecule has 0 saturated heterocycles. The second-order valence-corrected chi connectivity index (χ2v) is 8.26. The van der Waals surface area contributed by atoms with Crippen LogP contribution >= 0.6 is 0 Å². The van der Waals surface area contributed by atoms with Crippen molar-refractivity contribution in [2.75, 3.05) is 0 Å². The van der Waals surface area contributed by atoms with E-state index in [1.54, 1.807) is 0 Å². The quantitative estimate of drug-likeness (QED) is 0.275. The van der Waals surface area contributed by atoms with Gasteiger partial charge in [-0.2, -0.15) is 0 Å². The molecule has 2 nitrogen and oxygen atoms in total. The summed E-state index contributed by atoms with van der Waals surface area (Å²) >= 11 is 0. The number of benzene rings is 5. The molecule has 7 aromatic rings. The third-order valence-corrected chi connectivity index (χ3v) is 6.51. The number of para-hydroxylation sites is 4. The van der Waals surface area contributed by atoms with Crippen LogP contribution in [0.2, 0.25) is 0 Å². The predicted octanol–water partition coefficient (Wildman–Crippen LogP) is 7.88. The molecule has 0 aliphatic heterocycles. The Kier molecular flexibility index (Phi) is 3.58. The van der Waals surface area contributed by atoms with E-state index in [1.807, 2.05) is 0 Å². The van der Waals surface area contributed by atoms with Gasteiger partial charge in [-0.1, -0.05) is 78.9 Å². The van der Waals surface area contributed by atoms with Gasteiger partial charge in [-0.25, -0.2) is 0 Å². The van der Waals surface area contributed by atoms with Gasteiger partial charge >= 0.3 is 0 Å². The first-order valence-electron chi connectivity index (χ1n) is 11.0. The standard InChI is InChI=1S/C30H20N2/c1-5-16-27-23(12-1)24-13-2-6-17-28(24)31(27)21-10-9-11-22(20-21)32-29-18-7-3-14-25(29)26-15-4-8-19-30(26)32/h1-20H. The van der Waals surface area contributed by atoms with Gasteiger partial charge < -0.3 is 9.13 Å². The molecule has 0 radical (unpaired) electrons. The molecule has 0 N–H and O–H groups in total. The molecule has 7 rings (SSSR count). The molecule has 0 fully saturated rings. The van der Waals surface area contributed by atoms with E-state index in [-0.39, 0.29) is 0 Å². The largest absolute Gasteiger partial charge is 0.309 e. The zero-order valence-electron chi connectivity index (χ0n) is 17.4. The summed E-state index contributed by atoms with van der Waals surface area (Å²) in [6.07, 6.45) is 0. The van der Waals surface area contributed by atoms with Gasteiger partial charge in [-0.15, -0.1) is 0 Å². The Morgan fingerprint density at radius 1 is 0.312 bits per heavy atom. The minimum atomic E-state index is 1.17. The Labute approximate surface area is 185 Å². The van der Waals surface area contributed by atoms with Crippen LogP contribution in [0.3, 0.4) is 0 Å². The number of fused-ring (bicyclic) bond motifs is 6. The normalized spacial score (nSPS) is 11.8. The van der Waals surface area contributed by atoms with E-state index in [1.165, 1.54) is 55.0 Å². The first kappa shape index (κ1) is 17.4. The second-order valence-electron chi connectivity index (χ2n) is 8.26. The number of hydrogen-bond donors (Lipinski definition) is 0. The maximum Gasteiger partial charge on any atom is 0.0541 e. The summed E-state index contributed by atoms with van der Waals surface area (Å²) in [5, 5.41) is 5.13. The summed E-state index contributed by atoms with van der Waals surface area (Å²) in [6.45, 7) is 0. The van der Waals surface area contributed by atoms with Crippen LogP contribution in [0.5, 0.6) is 0 Å². The lowest BCUT2D eigenvalue weighted by Gasteiger charge is -2.12. The van der Waals surface area contributed by atoms with Crippen molar-refractivity contribution in [2.24, 2.45) is 0 Å². The fourth-order valence-electron chi connectivity index (χ4n) is 5.17. The summed E-state index contributed by atoms with van der Waals surface area (Å²) in [4.78, 5) is 0. The molecule has 2 heterocycles. The summed E-state index contributed by atoms with van der Waals surface area (Å²) in [5.41, 5.74) is 7.26. The van der Waals surface area contributed by atoms with Gasteiger partial charge in [0.25, 0.3) is 0 Å². The molecule has 0 bridgehead atoms. The van der Waals surface area contributed by atoms with Gasteiger partial charge in [-0.05, 0) is 42.5 Å². The molecule has 0 spiro atoms. The summed E-state index contributed by atoms with van der Waals surface area (Å²) in [5.74, 6) is 0. The minimum Gasteiger partial charge on any atom is -0.309 e. The zero-order valence-corrected chi connectivity index (χ0v) is 17.4. The Balaban J connectivity index is 1.55. The minimum absolute atomic E-state index is 1.17. The fourth-order valence-corrected chi connectivity index (χ4v) is 5.17. The van der Waals surface area contributed by atoms with Crippen LogP contribution in [0.15, 0.2) is 121 Å². The van der Waals surface area contributed by atoms with Gasteiger partial charge in [0.1, 0.15) is 0 Å². The molecule has 150 valence electrons. The first-order valence-corrected chi connectivity index (χ1v) is 11.0. The van der Waals surface area contributed by atoms with E-state index in [4.69, 9.17) is 0 Å². The second kappa shape index (κ2) is 6.60. The molecule has 0 unspecified atom stereocenters. The van der Waals surface area contributed by atoms with Crippen molar-refractivity contribution < 1.29 is 0 Å². The number of rotatable bonds is 2. The maximum absolute atomic E-state index is 2.38. The van der Waals surface area contributed by atoms with Crippen molar-refractivity contribution in [3.05, 3.63) is 121 Å². The summed E-state index contributed by atoms with van der Waals surface area (Å²) < 4.78 is 4.75. The Morgan fingerprint density at radius 2 is 0.625 bits per heavy atom. The Bertz CT molecular complexity index is 1550. The van der Waals surface area contributed by atoms with E-state index in [2.05, 4.69) is 130 Å². The van der Waals surface area contributed by atoms with Crippen molar-refractivity contribution >= 4 is 43.6 Å². The highest BCUT2D eigenvalue weighted by molar-refractivity contribution is 6.10. The first-order chi connectivity index (χ1) is 15.9. The Morgan fingerprint density at radius 3 is 0.969 bits per heavy atom. The average molecular weight is 409 g/mol. The van der Waals surface area contributed by atoms with E-state index >= 15 is 0 Å². The third kappa shape index (κ3) is 2.35. The predicted molar refractivity (Wildman–Crippen MR) is 135 cm³/mol. The molecule has 0 atom stereocenters. The molecule has 2 heteroatoms. The van der Waals surface area contributed by atoms with Crippen molar-refractivity contribution in [1.29, 1.82) is 0 Å². The molecular weight excluding hydrogens is 388 g/mol. The highest BCUT2D eigenvalue weighted by Crippen LogP contribution is 2.35. The monoisotopic (exact) mass is 408 g/mol. The van der Waals surface area contributed by atoms with Crippen LogP contribution in [-0.4, -0.2) is 9.13 Å². The van der Waals surface area contributed by atoms with Crippen molar-refractivity contribution in [1.82, 2.24) is 9.13 Å². The topological polar surface area (TPSA) is 9.86 Å². The fraction of sp³-hybridized carbons (Fsp3) is 0. The zero-order chi connectivity index (χ0) is 21.1. The molecule has 0 saturated carbocycles. The van der Waals surface area contributed by atoms with Crippen LogP contribution < -0.4 is 0 Å². The number of nitrogens with zero attached hydrogens (tertiary/aromatic N) is 2. The van der Waals surface area contributed by atoms with Crippen LogP contribution in [0, 0.1) is 0 Å². The van der Waals surface area contributed by atoms with Crippen molar-refractivity contribution in [3.63, 3.8) is 0 Å². The van der Waals surface area contributed by atoms with Crippen LogP contribution in [0.25, 0.3) is 55.0 Å². The highest BCUT2D eigenvalue weighted by Gasteiger charge is 2.14. The van der Waals surface area contributed by atoms with Crippen molar-refractivity contribution in [3.8, 4) is 11.4 Å². The molecule has 0 aliphatic carbocycles. The smallest absolute Gasteiger partial charge is 0.0541 e. The molecular formula is C30H20N2. The van der Waals surface area contributed by atoms with Crippen molar-refractivity contribution in [2.45, 2.75) is 0 Å². The maximum atomic E-state index is 2.38. The third-order valence-electron chi connectivity index (χ3n) is 6.51. The van der Waals surface area contributed by atoms with E-state index < -0.39 is 0 Å². The van der Waals surface area contributed by atoms with Gasteiger partial charge in [-0.3, -0.25) is 0 Å². The van der Waals surface area contributed by atoms with E-state index in [9.17, 15) is 0 Å². The molecule has 0 aliphatic rings. The van der Waals surface area contributed by atoms with E-state index in [0.29, 0.717) is 0 Å². The molecule has 2 aromatic heterocycles. The van der Waals surface area contributed by atoms with Gasteiger partial charge in [0, 0.05) is 32.9 Å². The summed E-state index contributed by atoms with van der Waals surface area (Å²) in [7, 11) is 0. The lowest BCUT2D eigenvalue weighted by molar-refractivity contribution is 1.13. The van der Waals surface area contributed by atoms with Gasteiger partial charge in [0.15, 0.2) is 0 Å². The van der Waals surface area contributed by atoms with Gasteiger partial charge in [0.05, 0.1) is 22.1 Å². The molecule has 32 heavy (non-hydrogen) atoms. The average Bonchev–Trinajstić information content (AvgIpc) is 3.37. The lowest BCUT2D eigenvalue weighted by atomic mass is 10.2. The summed E-state index contributed by atoms with van der Waals surface area (Å²) in [6, 6.07) is 43.5. The highest BCUT2D eigenvalue weighted by atomic mass is 15.0. The number of aromatic nitrogens is 2. The molecule has 0 amide bonds. The Hall–Kier alpha value is -4.30. The lowest BCUT2D eigenvalue weighted by Crippen LogP contribution is -1.98. The van der Waals surface area contributed by atoms with Crippen LogP contribution in [-0.2, 0) is 0 Å². The number of hydrogen-bond acceptors (Lipinski definition) is 0. The van der Waals surface area contributed by atoms with E-state index in [0.717, 1.165) is 0 Å².